The summed E-state index contributed by atoms with van der Waals surface area (Å²) in [5.41, 5.74) is 5.67. The monoisotopic (exact) mass is 267 g/mol. The van der Waals surface area contributed by atoms with E-state index in [1.807, 2.05) is 0 Å². The number of benzene rings is 1. The molecule has 2 N–H and O–H groups in total. The molecule has 1 aromatic rings. The van der Waals surface area contributed by atoms with Crippen LogP contribution in [0.3, 0.4) is 0 Å². The van der Waals surface area contributed by atoms with Crippen molar-refractivity contribution in [2.75, 3.05) is 6.61 Å². The van der Waals surface area contributed by atoms with Crippen molar-refractivity contribution in [3.05, 3.63) is 28.8 Å². The number of rotatable bonds is 4. The molecule has 0 saturated heterocycles. The topological polar surface area (TPSA) is 52.3 Å². The smallest absolute Gasteiger partial charge is 0.252 e. The van der Waals surface area contributed by atoms with Gasteiger partial charge in [-0.15, -0.1) is 0 Å². The standard InChI is InChI=1S/C14H18ClNO2/c15-11-6-7-13(12(8-11)14(16)17)18-9-10-4-2-1-3-5-10/h6-8,10H,1-5,9H2,(H2,16,17). The average molecular weight is 268 g/mol. The number of carbonyl (C=O) groups excluding carboxylic acids is 1. The lowest BCUT2D eigenvalue weighted by Gasteiger charge is -2.22. The Labute approximate surface area is 112 Å². The van der Waals surface area contributed by atoms with E-state index in [4.69, 9.17) is 22.1 Å². The average Bonchev–Trinajstić information content (AvgIpc) is 2.38. The van der Waals surface area contributed by atoms with Crippen LogP contribution in [-0.4, -0.2) is 12.5 Å². The van der Waals surface area contributed by atoms with Gasteiger partial charge in [-0.2, -0.15) is 0 Å². The van der Waals surface area contributed by atoms with Crippen LogP contribution in [-0.2, 0) is 0 Å². The minimum atomic E-state index is -0.504. The molecule has 0 radical (unpaired) electrons. The molecule has 0 heterocycles. The van der Waals surface area contributed by atoms with E-state index in [1.54, 1.807) is 18.2 Å². The molecule has 1 aliphatic rings. The molecule has 0 bridgehead atoms. The quantitative estimate of drug-likeness (QED) is 0.909. The summed E-state index contributed by atoms with van der Waals surface area (Å²) in [6.07, 6.45) is 6.29. The van der Waals surface area contributed by atoms with E-state index in [1.165, 1.54) is 32.1 Å². The molecular formula is C14H18ClNO2. The lowest BCUT2D eigenvalue weighted by Crippen LogP contribution is -2.18. The van der Waals surface area contributed by atoms with Gasteiger partial charge in [0.1, 0.15) is 5.75 Å². The zero-order valence-electron chi connectivity index (χ0n) is 10.3. The Morgan fingerprint density at radius 2 is 2.06 bits per heavy atom. The molecule has 1 aromatic carbocycles. The van der Waals surface area contributed by atoms with Crippen LogP contribution in [0.1, 0.15) is 42.5 Å². The first-order chi connectivity index (χ1) is 8.66. The van der Waals surface area contributed by atoms with Crippen LogP contribution in [0.2, 0.25) is 5.02 Å². The Morgan fingerprint density at radius 1 is 1.33 bits per heavy atom. The molecule has 2 rings (SSSR count). The summed E-state index contributed by atoms with van der Waals surface area (Å²) in [4.78, 5) is 11.3. The number of primary amides is 1. The first-order valence-corrected chi connectivity index (χ1v) is 6.77. The summed E-state index contributed by atoms with van der Waals surface area (Å²) in [5.74, 6) is 0.628. The zero-order chi connectivity index (χ0) is 13.0. The van der Waals surface area contributed by atoms with Crippen molar-refractivity contribution in [2.24, 2.45) is 11.7 Å². The molecule has 98 valence electrons. The van der Waals surface area contributed by atoms with Crippen LogP contribution >= 0.6 is 11.6 Å². The molecule has 0 atom stereocenters. The predicted molar refractivity (Wildman–Crippen MR) is 72.0 cm³/mol. The fraction of sp³-hybridized carbons (Fsp3) is 0.500. The molecule has 4 heteroatoms. The molecule has 0 aliphatic heterocycles. The number of hydrogen-bond donors (Lipinski definition) is 1. The van der Waals surface area contributed by atoms with Gasteiger partial charge in [0.15, 0.2) is 0 Å². The highest BCUT2D eigenvalue weighted by molar-refractivity contribution is 6.31. The van der Waals surface area contributed by atoms with Gasteiger partial charge in [0, 0.05) is 5.02 Å². The van der Waals surface area contributed by atoms with Gasteiger partial charge >= 0.3 is 0 Å². The van der Waals surface area contributed by atoms with Gasteiger partial charge < -0.3 is 10.5 Å². The van der Waals surface area contributed by atoms with Crippen LogP contribution in [0, 0.1) is 5.92 Å². The maximum atomic E-state index is 11.3. The summed E-state index contributed by atoms with van der Waals surface area (Å²) in [7, 11) is 0. The highest BCUT2D eigenvalue weighted by Crippen LogP contribution is 2.27. The Morgan fingerprint density at radius 3 is 2.72 bits per heavy atom. The SMILES string of the molecule is NC(=O)c1cc(Cl)ccc1OCC1CCCCC1. The van der Waals surface area contributed by atoms with Gasteiger partial charge in [-0.3, -0.25) is 4.79 Å². The fourth-order valence-electron chi connectivity index (χ4n) is 2.38. The number of amides is 1. The molecule has 0 spiro atoms. The Kier molecular flexibility index (Phi) is 4.48. The minimum Gasteiger partial charge on any atom is -0.492 e. The second-order valence-corrected chi connectivity index (χ2v) is 5.26. The second kappa shape index (κ2) is 6.10. The number of carbonyl (C=O) groups is 1. The van der Waals surface area contributed by atoms with Crippen LogP contribution in [0.5, 0.6) is 5.75 Å². The largest absolute Gasteiger partial charge is 0.492 e. The second-order valence-electron chi connectivity index (χ2n) is 4.82. The van der Waals surface area contributed by atoms with Crippen molar-refractivity contribution in [1.82, 2.24) is 0 Å². The molecule has 3 nitrogen and oxygen atoms in total. The third-order valence-corrected chi connectivity index (χ3v) is 3.64. The van der Waals surface area contributed by atoms with Crippen LogP contribution in [0.4, 0.5) is 0 Å². The maximum absolute atomic E-state index is 11.3. The molecule has 1 fully saturated rings. The maximum Gasteiger partial charge on any atom is 0.252 e. The predicted octanol–water partition coefficient (Wildman–Crippen LogP) is 3.40. The van der Waals surface area contributed by atoms with Crippen LogP contribution < -0.4 is 10.5 Å². The van der Waals surface area contributed by atoms with Crippen LogP contribution in [0.15, 0.2) is 18.2 Å². The van der Waals surface area contributed by atoms with Crippen molar-refractivity contribution < 1.29 is 9.53 Å². The number of ether oxygens (including phenoxy) is 1. The lowest BCUT2D eigenvalue weighted by molar-refractivity contribution is 0.0994. The van der Waals surface area contributed by atoms with E-state index >= 15 is 0 Å². The van der Waals surface area contributed by atoms with Crippen LogP contribution in [0.25, 0.3) is 0 Å². The van der Waals surface area contributed by atoms with Crippen molar-refractivity contribution in [3.63, 3.8) is 0 Å². The van der Waals surface area contributed by atoms with Gasteiger partial charge in [-0.1, -0.05) is 30.9 Å². The van der Waals surface area contributed by atoms with Crippen molar-refractivity contribution in [1.29, 1.82) is 0 Å². The summed E-state index contributed by atoms with van der Waals surface area (Å²) >= 11 is 5.85. The minimum absolute atomic E-state index is 0.360. The van der Waals surface area contributed by atoms with E-state index < -0.39 is 5.91 Å². The molecule has 18 heavy (non-hydrogen) atoms. The lowest BCUT2D eigenvalue weighted by atomic mass is 9.90. The third-order valence-electron chi connectivity index (χ3n) is 3.41. The normalized spacial score (nSPS) is 16.5. The van der Waals surface area contributed by atoms with Crippen molar-refractivity contribution >= 4 is 17.5 Å². The van der Waals surface area contributed by atoms with E-state index in [0.717, 1.165) is 0 Å². The van der Waals surface area contributed by atoms with Gasteiger partial charge in [-0.25, -0.2) is 0 Å². The first kappa shape index (κ1) is 13.2. The zero-order valence-corrected chi connectivity index (χ0v) is 11.1. The Hall–Kier alpha value is -1.22. The molecule has 1 amide bonds. The summed E-state index contributed by atoms with van der Waals surface area (Å²) in [5, 5.41) is 0.494. The fourth-order valence-corrected chi connectivity index (χ4v) is 2.55. The van der Waals surface area contributed by atoms with Gasteiger partial charge in [0.05, 0.1) is 12.2 Å². The van der Waals surface area contributed by atoms with Gasteiger partial charge in [0.25, 0.3) is 5.91 Å². The summed E-state index contributed by atoms with van der Waals surface area (Å²) < 4.78 is 5.73. The summed E-state index contributed by atoms with van der Waals surface area (Å²) in [6, 6.07) is 4.98. The first-order valence-electron chi connectivity index (χ1n) is 6.39. The molecule has 1 saturated carbocycles. The van der Waals surface area contributed by atoms with E-state index in [9.17, 15) is 4.79 Å². The van der Waals surface area contributed by atoms with Crippen molar-refractivity contribution in [2.45, 2.75) is 32.1 Å². The molecule has 0 unspecified atom stereocenters. The third kappa shape index (κ3) is 3.39. The molecule has 1 aliphatic carbocycles. The van der Waals surface area contributed by atoms with E-state index in [2.05, 4.69) is 0 Å². The van der Waals surface area contributed by atoms with Gasteiger partial charge in [-0.05, 0) is 37.0 Å². The number of halogens is 1. The Bertz CT molecular complexity index is 428. The highest BCUT2D eigenvalue weighted by atomic mass is 35.5. The van der Waals surface area contributed by atoms with Gasteiger partial charge in [0.2, 0.25) is 0 Å². The summed E-state index contributed by atoms with van der Waals surface area (Å²) in [6.45, 7) is 0.655. The van der Waals surface area contributed by atoms with E-state index in [0.29, 0.717) is 28.9 Å². The van der Waals surface area contributed by atoms with Crippen molar-refractivity contribution in [3.8, 4) is 5.75 Å². The highest BCUT2D eigenvalue weighted by Gasteiger charge is 2.16. The number of hydrogen-bond acceptors (Lipinski definition) is 2. The van der Waals surface area contributed by atoms with E-state index in [-0.39, 0.29) is 0 Å². The number of nitrogens with two attached hydrogens (primary N) is 1. The Balaban J connectivity index is 2.01. The molecular weight excluding hydrogens is 250 g/mol. The molecule has 0 aromatic heterocycles.